The normalized spacial score (nSPS) is 18.6. The van der Waals surface area contributed by atoms with Gasteiger partial charge >= 0.3 is 5.97 Å². The van der Waals surface area contributed by atoms with E-state index in [0.717, 1.165) is 12.5 Å². The molecule has 5 heteroatoms. The van der Waals surface area contributed by atoms with Gasteiger partial charge in [0.05, 0.1) is 5.41 Å². The quantitative estimate of drug-likeness (QED) is 0.855. The molecular formula is C13H14F2O3. The molecule has 3 nitrogen and oxygen atoms in total. The highest BCUT2D eigenvalue weighted by Crippen LogP contribution is 2.43. The molecule has 2 N–H and O–H groups in total. The Kier molecular flexibility index (Phi) is 3.24. The number of aromatic hydroxyl groups is 1. The molecule has 0 atom stereocenters. The Bertz CT molecular complexity index is 479. The fourth-order valence-electron chi connectivity index (χ4n) is 2.67. The van der Waals surface area contributed by atoms with Gasteiger partial charge in [0.2, 0.25) is 0 Å². The molecule has 2 rings (SSSR count). The van der Waals surface area contributed by atoms with Gasteiger partial charge in [0, 0.05) is 11.6 Å². The van der Waals surface area contributed by atoms with Crippen LogP contribution < -0.4 is 0 Å². The maximum Gasteiger partial charge on any atom is 0.314 e. The third kappa shape index (κ3) is 1.94. The summed E-state index contributed by atoms with van der Waals surface area (Å²) < 4.78 is 26.2. The largest absolute Gasteiger partial charge is 0.508 e. The van der Waals surface area contributed by atoms with Gasteiger partial charge in [-0.1, -0.05) is 19.3 Å². The van der Waals surface area contributed by atoms with E-state index in [2.05, 4.69) is 0 Å². The van der Waals surface area contributed by atoms with Gasteiger partial charge in [-0.2, -0.15) is 0 Å². The van der Waals surface area contributed by atoms with Crippen LogP contribution in [-0.2, 0) is 10.2 Å². The maximum absolute atomic E-state index is 13.3. The molecule has 1 saturated carbocycles. The zero-order valence-electron chi connectivity index (χ0n) is 9.75. The van der Waals surface area contributed by atoms with Crippen LogP contribution in [0.2, 0.25) is 0 Å². The average molecular weight is 256 g/mol. The molecule has 0 amide bonds. The molecule has 1 aromatic rings. The predicted molar refractivity (Wildman–Crippen MR) is 60.4 cm³/mol. The van der Waals surface area contributed by atoms with E-state index < -0.39 is 28.8 Å². The third-order valence-corrected chi connectivity index (χ3v) is 3.67. The van der Waals surface area contributed by atoms with E-state index in [1.807, 2.05) is 0 Å². The van der Waals surface area contributed by atoms with Gasteiger partial charge in [0.25, 0.3) is 0 Å². The number of halogens is 2. The van der Waals surface area contributed by atoms with Crippen molar-refractivity contribution in [3.05, 3.63) is 29.3 Å². The summed E-state index contributed by atoms with van der Waals surface area (Å²) >= 11 is 0. The average Bonchev–Trinajstić information content (AvgIpc) is 2.34. The molecule has 1 aliphatic rings. The van der Waals surface area contributed by atoms with Gasteiger partial charge in [-0.3, -0.25) is 4.79 Å². The highest BCUT2D eigenvalue weighted by atomic mass is 19.2. The number of benzene rings is 1. The molecule has 0 bridgehead atoms. The molecule has 0 aromatic heterocycles. The molecule has 0 saturated heterocycles. The summed E-state index contributed by atoms with van der Waals surface area (Å²) in [7, 11) is 0. The van der Waals surface area contributed by atoms with Gasteiger partial charge in [0.1, 0.15) is 5.75 Å². The summed E-state index contributed by atoms with van der Waals surface area (Å²) in [6, 6.07) is 1.45. The number of carboxylic acid groups (broad SMARTS) is 1. The van der Waals surface area contributed by atoms with Crippen molar-refractivity contribution in [2.45, 2.75) is 37.5 Å². The molecule has 1 fully saturated rings. The molecule has 18 heavy (non-hydrogen) atoms. The Morgan fingerprint density at radius 2 is 1.67 bits per heavy atom. The summed E-state index contributed by atoms with van der Waals surface area (Å²) in [6.07, 6.45) is 2.98. The van der Waals surface area contributed by atoms with Crippen molar-refractivity contribution in [2.24, 2.45) is 0 Å². The van der Waals surface area contributed by atoms with Crippen molar-refractivity contribution in [2.75, 3.05) is 0 Å². The standard InChI is InChI=1S/C13H14F2O3/c14-9-6-8(11(16)7-10(9)15)13(12(17)18)4-2-1-3-5-13/h6-7,16H,1-5H2,(H,17,18). The smallest absolute Gasteiger partial charge is 0.314 e. The van der Waals surface area contributed by atoms with Crippen molar-refractivity contribution in [1.29, 1.82) is 0 Å². The topological polar surface area (TPSA) is 57.5 Å². The second-order valence-electron chi connectivity index (χ2n) is 4.73. The summed E-state index contributed by atoms with van der Waals surface area (Å²) in [5.74, 6) is -3.89. The fourth-order valence-corrected chi connectivity index (χ4v) is 2.67. The lowest BCUT2D eigenvalue weighted by atomic mass is 9.69. The molecule has 1 aliphatic carbocycles. The predicted octanol–water partition coefficient (Wildman–Crippen LogP) is 2.96. The Labute approximate surface area is 103 Å². The summed E-state index contributed by atoms with van der Waals surface area (Å²) in [6.45, 7) is 0. The van der Waals surface area contributed by atoms with Crippen LogP contribution in [0.5, 0.6) is 5.75 Å². The van der Waals surface area contributed by atoms with Crippen LogP contribution in [0.25, 0.3) is 0 Å². The number of hydrogen-bond acceptors (Lipinski definition) is 2. The van der Waals surface area contributed by atoms with E-state index in [4.69, 9.17) is 0 Å². The van der Waals surface area contributed by atoms with Gasteiger partial charge in [-0.25, -0.2) is 8.78 Å². The SMILES string of the molecule is O=C(O)C1(c2cc(F)c(F)cc2O)CCCCC1. The molecule has 0 radical (unpaired) electrons. The van der Waals surface area contributed by atoms with Crippen LogP contribution in [0.4, 0.5) is 8.78 Å². The van der Waals surface area contributed by atoms with E-state index in [1.165, 1.54) is 0 Å². The van der Waals surface area contributed by atoms with E-state index >= 15 is 0 Å². The van der Waals surface area contributed by atoms with Crippen LogP contribution >= 0.6 is 0 Å². The molecule has 98 valence electrons. The Hall–Kier alpha value is -1.65. The Morgan fingerprint density at radius 3 is 2.22 bits per heavy atom. The van der Waals surface area contributed by atoms with Crippen molar-refractivity contribution in [3.63, 3.8) is 0 Å². The summed E-state index contributed by atoms with van der Waals surface area (Å²) in [5.41, 5.74) is -1.31. The molecule has 0 aliphatic heterocycles. The second kappa shape index (κ2) is 4.55. The van der Waals surface area contributed by atoms with E-state index in [-0.39, 0.29) is 5.56 Å². The fraction of sp³-hybridized carbons (Fsp3) is 0.462. The molecular weight excluding hydrogens is 242 g/mol. The number of aliphatic carboxylic acids is 1. The first-order chi connectivity index (χ1) is 8.47. The number of carbonyl (C=O) groups is 1. The molecule has 1 aromatic carbocycles. The lowest BCUT2D eigenvalue weighted by molar-refractivity contribution is -0.145. The van der Waals surface area contributed by atoms with E-state index in [1.54, 1.807) is 0 Å². The van der Waals surface area contributed by atoms with Crippen LogP contribution in [-0.4, -0.2) is 16.2 Å². The number of phenols is 1. The molecule has 0 unspecified atom stereocenters. The third-order valence-electron chi connectivity index (χ3n) is 3.67. The number of carboxylic acids is 1. The lowest BCUT2D eigenvalue weighted by Crippen LogP contribution is -2.38. The minimum Gasteiger partial charge on any atom is -0.508 e. The number of phenolic OH excluding ortho intramolecular Hbond substituents is 1. The van der Waals surface area contributed by atoms with E-state index in [0.29, 0.717) is 31.7 Å². The van der Waals surface area contributed by atoms with Gasteiger partial charge < -0.3 is 10.2 Å². The molecule has 0 heterocycles. The van der Waals surface area contributed by atoms with Crippen molar-refractivity contribution < 1.29 is 23.8 Å². The Morgan fingerprint density at radius 1 is 1.11 bits per heavy atom. The van der Waals surface area contributed by atoms with E-state index in [9.17, 15) is 23.8 Å². The summed E-state index contributed by atoms with van der Waals surface area (Å²) in [4.78, 5) is 11.5. The number of rotatable bonds is 2. The maximum atomic E-state index is 13.3. The minimum atomic E-state index is -1.29. The van der Waals surface area contributed by atoms with Crippen LogP contribution in [0, 0.1) is 11.6 Å². The first kappa shape index (κ1) is 12.8. The van der Waals surface area contributed by atoms with Gasteiger partial charge in [-0.15, -0.1) is 0 Å². The Balaban J connectivity index is 2.55. The van der Waals surface area contributed by atoms with Gasteiger partial charge in [0.15, 0.2) is 11.6 Å². The van der Waals surface area contributed by atoms with Crippen LogP contribution in [0.15, 0.2) is 12.1 Å². The van der Waals surface area contributed by atoms with Gasteiger partial charge in [-0.05, 0) is 18.9 Å². The monoisotopic (exact) mass is 256 g/mol. The zero-order chi connectivity index (χ0) is 13.3. The second-order valence-corrected chi connectivity index (χ2v) is 4.73. The van der Waals surface area contributed by atoms with Crippen molar-refractivity contribution in [3.8, 4) is 5.75 Å². The highest BCUT2D eigenvalue weighted by molar-refractivity contribution is 5.82. The lowest BCUT2D eigenvalue weighted by Gasteiger charge is -2.34. The van der Waals surface area contributed by atoms with Crippen molar-refractivity contribution >= 4 is 5.97 Å². The number of hydrogen-bond donors (Lipinski definition) is 2. The van der Waals surface area contributed by atoms with Crippen LogP contribution in [0.3, 0.4) is 0 Å². The first-order valence-corrected chi connectivity index (χ1v) is 5.89. The zero-order valence-corrected chi connectivity index (χ0v) is 9.75. The molecule has 0 spiro atoms. The summed E-state index contributed by atoms with van der Waals surface area (Å²) in [5, 5.41) is 19.1. The first-order valence-electron chi connectivity index (χ1n) is 5.89. The highest BCUT2D eigenvalue weighted by Gasteiger charge is 2.43. The minimum absolute atomic E-state index is 0.0198. The van der Waals surface area contributed by atoms with Crippen LogP contribution in [0.1, 0.15) is 37.7 Å². The van der Waals surface area contributed by atoms with Crippen molar-refractivity contribution in [1.82, 2.24) is 0 Å².